The summed E-state index contributed by atoms with van der Waals surface area (Å²) in [4.78, 5) is 29.1. The fraction of sp³-hybridized carbons (Fsp3) is 0.360. The maximum Gasteiger partial charge on any atom is 0.252 e. The summed E-state index contributed by atoms with van der Waals surface area (Å²) in [5.74, 6) is 1.43. The molecule has 2 aliphatic heterocycles. The van der Waals surface area contributed by atoms with Gasteiger partial charge in [0.1, 0.15) is 11.9 Å². The van der Waals surface area contributed by atoms with E-state index in [1.54, 1.807) is 12.4 Å². The normalized spacial score (nSPS) is 20.8. The fourth-order valence-electron chi connectivity index (χ4n) is 4.43. The number of hydrogen-bond acceptors (Lipinski definition) is 6. The lowest BCUT2D eigenvalue weighted by Gasteiger charge is -2.30. The van der Waals surface area contributed by atoms with Crippen LogP contribution in [0.25, 0.3) is 11.3 Å². The van der Waals surface area contributed by atoms with Gasteiger partial charge >= 0.3 is 0 Å². The molecule has 0 bridgehead atoms. The third-order valence-corrected chi connectivity index (χ3v) is 6.04. The topological polar surface area (TPSA) is 80.2 Å². The summed E-state index contributed by atoms with van der Waals surface area (Å²) in [6.07, 6.45) is 7.84. The molecule has 1 aromatic carbocycles. The predicted molar refractivity (Wildman–Crippen MR) is 122 cm³/mol. The molecule has 7 nitrogen and oxygen atoms in total. The van der Waals surface area contributed by atoms with E-state index >= 15 is 0 Å². The van der Waals surface area contributed by atoms with Crippen molar-refractivity contribution in [2.75, 3.05) is 18.5 Å². The van der Waals surface area contributed by atoms with Gasteiger partial charge in [0.05, 0.1) is 11.7 Å². The van der Waals surface area contributed by atoms with Gasteiger partial charge in [-0.15, -0.1) is 0 Å². The number of likely N-dealkylation sites (tertiary alicyclic amines) is 1. The number of amides is 1. The number of carbonyl (C=O) groups is 1. The lowest BCUT2D eigenvalue weighted by Crippen LogP contribution is -2.41. The average Bonchev–Trinajstić information content (AvgIpc) is 3.35. The van der Waals surface area contributed by atoms with Crippen LogP contribution in [0.15, 0.2) is 60.9 Å². The van der Waals surface area contributed by atoms with Crippen LogP contribution >= 0.6 is 0 Å². The van der Waals surface area contributed by atoms with Crippen molar-refractivity contribution in [1.29, 1.82) is 0 Å². The molecule has 0 unspecified atom stereocenters. The van der Waals surface area contributed by atoms with Gasteiger partial charge in [0.2, 0.25) is 0 Å². The average molecular weight is 430 g/mol. The molecular formula is C25H27N5O2. The Morgan fingerprint density at radius 1 is 1.03 bits per heavy atom. The van der Waals surface area contributed by atoms with Gasteiger partial charge in [-0.3, -0.25) is 9.78 Å². The third kappa shape index (κ3) is 4.48. The lowest BCUT2D eigenvalue weighted by atomic mass is 10.1. The van der Waals surface area contributed by atoms with Gasteiger partial charge in [-0.05, 0) is 56.4 Å². The summed E-state index contributed by atoms with van der Waals surface area (Å²) in [7, 11) is 0. The number of aromatic nitrogens is 3. The van der Waals surface area contributed by atoms with Crippen molar-refractivity contribution < 1.29 is 9.53 Å². The van der Waals surface area contributed by atoms with E-state index in [0.717, 1.165) is 49.0 Å². The number of hydrogen-bond donors (Lipinski definition) is 1. The van der Waals surface area contributed by atoms with Crippen LogP contribution < -0.4 is 5.32 Å². The van der Waals surface area contributed by atoms with Gasteiger partial charge in [-0.25, -0.2) is 9.97 Å². The largest absolute Gasteiger partial charge is 0.368 e. The van der Waals surface area contributed by atoms with Crippen LogP contribution in [0.2, 0.25) is 0 Å². The molecular weight excluding hydrogens is 402 g/mol. The summed E-state index contributed by atoms with van der Waals surface area (Å²) in [5.41, 5.74) is 2.65. The smallest absolute Gasteiger partial charge is 0.252 e. The quantitative estimate of drug-likeness (QED) is 0.643. The molecule has 2 atom stereocenters. The molecule has 0 saturated carbocycles. The number of anilines is 2. The van der Waals surface area contributed by atoms with E-state index < -0.39 is 0 Å². The highest BCUT2D eigenvalue weighted by molar-refractivity contribution is 5.81. The van der Waals surface area contributed by atoms with Crippen molar-refractivity contribution >= 4 is 17.4 Å². The third-order valence-electron chi connectivity index (χ3n) is 6.04. The van der Waals surface area contributed by atoms with Gasteiger partial charge in [0, 0.05) is 42.9 Å². The molecule has 2 fully saturated rings. The SMILES string of the molecule is O=C([C@@H]1CCCCO1)N1CCC[C@H]1c1nc(Nc2ccccc2)cc(-c2cccnc2)n1. The molecule has 4 heterocycles. The van der Waals surface area contributed by atoms with Gasteiger partial charge in [0.25, 0.3) is 5.91 Å². The van der Waals surface area contributed by atoms with Crippen molar-refractivity contribution in [3.8, 4) is 11.3 Å². The van der Waals surface area contributed by atoms with E-state index in [-0.39, 0.29) is 18.1 Å². The molecule has 164 valence electrons. The summed E-state index contributed by atoms with van der Waals surface area (Å²) >= 11 is 0. The number of carbonyl (C=O) groups excluding carboxylic acids is 1. The number of benzene rings is 1. The van der Waals surface area contributed by atoms with Crippen LogP contribution in [0.3, 0.4) is 0 Å². The zero-order valence-corrected chi connectivity index (χ0v) is 18.0. The highest BCUT2D eigenvalue weighted by Crippen LogP contribution is 2.34. The predicted octanol–water partition coefficient (Wildman–Crippen LogP) is 4.51. The molecule has 0 aliphatic carbocycles. The number of nitrogens with zero attached hydrogens (tertiary/aromatic N) is 4. The number of rotatable bonds is 5. The monoisotopic (exact) mass is 429 g/mol. The Kier molecular flexibility index (Phi) is 6.07. The first-order valence-electron chi connectivity index (χ1n) is 11.3. The molecule has 3 aromatic rings. The van der Waals surface area contributed by atoms with Crippen molar-refractivity contribution in [2.45, 2.75) is 44.2 Å². The summed E-state index contributed by atoms with van der Waals surface area (Å²) in [6, 6.07) is 15.6. The molecule has 2 saturated heterocycles. The second-order valence-electron chi connectivity index (χ2n) is 8.27. The number of nitrogens with one attached hydrogen (secondary N) is 1. The Hall–Kier alpha value is -3.32. The molecule has 1 N–H and O–H groups in total. The molecule has 0 spiro atoms. The lowest BCUT2D eigenvalue weighted by molar-refractivity contribution is -0.147. The Balaban J connectivity index is 1.48. The molecule has 7 heteroatoms. The Labute approximate surface area is 187 Å². The Bertz CT molecular complexity index is 1050. The number of pyridine rings is 1. The zero-order valence-electron chi connectivity index (χ0n) is 18.0. The second kappa shape index (κ2) is 9.44. The summed E-state index contributed by atoms with van der Waals surface area (Å²) in [6.45, 7) is 1.37. The highest BCUT2D eigenvalue weighted by Gasteiger charge is 2.36. The summed E-state index contributed by atoms with van der Waals surface area (Å²) in [5, 5.41) is 3.39. The molecule has 1 amide bonds. The van der Waals surface area contributed by atoms with Crippen LogP contribution in [0.5, 0.6) is 0 Å². The first-order valence-corrected chi connectivity index (χ1v) is 11.3. The maximum absolute atomic E-state index is 13.2. The minimum atomic E-state index is -0.340. The molecule has 2 aromatic heterocycles. The van der Waals surface area contributed by atoms with Crippen molar-refractivity contribution in [2.24, 2.45) is 0 Å². The summed E-state index contributed by atoms with van der Waals surface area (Å²) < 4.78 is 5.78. The van der Waals surface area contributed by atoms with E-state index in [2.05, 4.69) is 10.3 Å². The first-order chi connectivity index (χ1) is 15.8. The second-order valence-corrected chi connectivity index (χ2v) is 8.27. The van der Waals surface area contributed by atoms with Gasteiger partial charge < -0.3 is 15.0 Å². The van der Waals surface area contributed by atoms with Gasteiger partial charge in [-0.1, -0.05) is 18.2 Å². The van der Waals surface area contributed by atoms with Crippen molar-refractivity contribution in [3.05, 3.63) is 66.7 Å². The molecule has 5 rings (SSSR count). The molecule has 0 radical (unpaired) electrons. The van der Waals surface area contributed by atoms with E-state index in [4.69, 9.17) is 14.7 Å². The Morgan fingerprint density at radius 2 is 1.94 bits per heavy atom. The fourth-order valence-corrected chi connectivity index (χ4v) is 4.43. The highest BCUT2D eigenvalue weighted by atomic mass is 16.5. The van der Waals surface area contributed by atoms with Gasteiger partial charge in [-0.2, -0.15) is 0 Å². The van der Waals surface area contributed by atoms with Crippen LogP contribution in [-0.4, -0.2) is 45.0 Å². The van der Waals surface area contributed by atoms with Crippen LogP contribution in [-0.2, 0) is 9.53 Å². The van der Waals surface area contributed by atoms with E-state index in [0.29, 0.717) is 24.8 Å². The molecule has 32 heavy (non-hydrogen) atoms. The van der Waals surface area contributed by atoms with Crippen LogP contribution in [0.1, 0.15) is 44.0 Å². The maximum atomic E-state index is 13.2. The standard InChI is InChI=1S/C25H27N5O2/c31-25(22-12-4-5-15-32-22)30-14-7-11-21(30)24-28-20(18-8-6-13-26-17-18)16-23(29-24)27-19-9-2-1-3-10-19/h1-3,6,8-10,13,16-17,21-22H,4-5,7,11-12,14-15H2,(H,27,28,29)/t21-,22-/m0/s1. The first kappa shape index (κ1) is 20.6. The van der Waals surface area contributed by atoms with Gasteiger partial charge in [0.15, 0.2) is 5.82 Å². The zero-order chi connectivity index (χ0) is 21.8. The minimum Gasteiger partial charge on any atom is -0.368 e. The van der Waals surface area contributed by atoms with E-state index in [1.165, 1.54) is 0 Å². The van der Waals surface area contributed by atoms with Crippen molar-refractivity contribution in [1.82, 2.24) is 19.9 Å². The Morgan fingerprint density at radius 3 is 2.72 bits per heavy atom. The number of ether oxygens (including phenoxy) is 1. The minimum absolute atomic E-state index is 0.0696. The van der Waals surface area contributed by atoms with Crippen LogP contribution in [0.4, 0.5) is 11.5 Å². The molecule has 2 aliphatic rings. The van der Waals surface area contributed by atoms with Crippen molar-refractivity contribution in [3.63, 3.8) is 0 Å². The number of para-hydroxylation sites is 1. The van der Waals surface area contributed by atoms with E-state index in [9.17, 15) is 4.79 Å². The van der Waals surface area contributed by atoms with Crippen LogP contribution in [0, 0.1) is 0 Å². The van der Waals surface area contributed by atoms with E-state index in [1.807, 2.05) is 53.4 Å².